The highest BCUT2D eigenvalue weighted by Gasteiger charge is 2.21. The van der Waals surface area contributed by atoms with Gasteiger partial charge in [0.15, 0.2) is 5.78 Å². The molecule has 4 heteroatoms. The zero-order chi connectivity index (χ0) is 19.6. The van der Waals surface area contributed by atoms with E-state index in [2.05, 4.69) is 40.5 Å². The molecule has 0 bridgehead atoms. The van der Waals surface area contributed by atoms with Crippen LogP contribution in [0.1, 0.15) is 48.0 Å². The molecule has 1 amide bonds. The van der Waals surface area contributed by atoms with E-state index < -0.39 is 0 Å². The number of nitrogens with zero attached hydrogens (tertiary/aromatic N) is 1. The van der Waals surface area contributed by atoms with E-state index in [1.54, 1.807) is 12.1 Å². The van der Waals surface area contributed by atoms with Crippen molar-refractivity contribution in [3.8, 4) is 0 Å². The number of rotatable bonds is 9. The van der Waals surface area contributed by atoms with Crippen LogP contribution < -0.4 is 5.32 Å². The molecule has 0 aliphatic carbocycles. The maximum atomic E-state index is 12.3. The highest BCUT2D eigenvalue weighted by molar-refractivity contribution is 5.97. The first-order valence-corrected chi connectivity index (χ1v) is 10.3. The zero-order valence-corrected chi connectivity index (χ0v) is 16.5. The van der Waals surface area contributed by atoms with Crippen LogP contribution in [0.4, 0.5) is 0 Å². The first kappa shape index (κ1) is 20.3. The standard InChI is InChI=1S/C24H30N2O2/c27-23(21-12-5-2-6-13-21)15-16-24(28)25-22-14-8-18-26(19-22)17-7-11-20-9-3-1-4-10-20/h1-6,9-10,12-13,22H,7-8,11,14-19H2,(H,25,28)/t22-/m1/s1. The number of nitrogens with one attached hydrogen (secondary N) is 1. The van der Waals surface area contributed by atoms with E-state index in [-0.39, 0.29) is 30.6 Å². The predicted molar refractivity (Wildman–Crippen MR) is 112 cm³/mol. The van der Waals surface area contributed by atoms with Gasteiger partial charge in [-0.25, -0.2) is 0 Å². The fraction of sp³-hybridized carbons (Fsp3) is 0.417. The first-order chi connectivity index (χ1) is 13.7. The third-order valence-electron chi connectivity index (χ3n) is 5.33. The summed E-state index contributed by atoms with van der Waals surface area (Å²) in [5.41, 5.74) is 2.06. The Morgan fingerprint density at radius 2 is 1.68 bits per heavy atom. The minimum atomic E-state index is -0.0135. The summed E-state index contributed by atoms with van der Waals surface area (Å²) in [5.74, 6) is 0.0161. The van der Waals surface area contributed by atoms with Crippen molar-refractivity contribution in [2.24, 2.45) is 0 Å². The molecule has 1 N–H and O–H groups in total. The number of Topliss-reactive ketones (excluding diaryl/α,β-unsaturated/α-hetero) is 1. The average molecular weight is 379 g/mol. The van der Waals surface area contributed by atoms with Crippen molar-refractivity contribution in [1.82, 2.24) is 10.2 Å². The summed E-state index contributed by atoms with van der Waals surface area (Å²) in [7, 11) is 0. The summed E-state index contributed by atoms with van der Waals surface area (Å²) >= 11 is 0. The fourth-order valence-corrected chi connectivity index (χ4v) is 3.82. The van der Waals surface area contributed by atoms with Crippen molar-refractivity contribution in [2.45, 2.75) is 44.6 Å². The summed E-state index contributed by atoms with van der Waals surface area (Å²) < 4.78 is 0. The molecule has 1 heterocycles. The Bertz CT molecular complexity index is 746. The van der Waals surface area contributed by atoms with Gasteiger partial charge in [-0.3, -0.25) is 9.59 Å². The van der Waals surface area contributed by atoms with E-state index in [4.69, 9.17) is 0 Å². The molecule has 1 aliphatic heterocycles. The van der Waals surface area contributed by atoms with Crippen LogP contribution in [-0.4, -0.2) is 42.3 Å². The summed E-state index contributed by atoms with van der Waals surface area (Å²) in [6, 6.07) is 20.0. The van der Waals surface area contributed by atoms with Gasteiger partial charge in [-0.15, -0.1) is 0 Å². The molecule has 148 valence electrons. The number of amides is 1. The third-order valence-corrected chi connectivity index (χ3v) is 5.33. The highest BCUT2D eigenvalue weighted by Crippen LogP contribution is 2.13. The number of likely N-dealkylation sites (tertiary alicyclic amines) is 1. The van der Waals surface area contributed by atoms with E-state index in [1.807, 2.05) is 18.2 Å². The van der Waals surface area contributed by atoms with Crippen LogP contribution in [0.2, 0.25) is 0 Å². The number of hydrogen-bond acceptors (Lipinski definition) is 3. The summed E-state index contributed by atoms with van der Waals surface area (Å²) in [6.45, 7) is 3.08. The third kappa shape index (κ3) is 6.61. The second-order valence-electron chi connectivity index (χ2n) is 7.59. The van der Waals surface area contributed by atoms with Gasteiger partial charge in [0, 0.05) is 31.0 Å². The molecule has 0 aromatic heterocycles. The van der Waals surface area contributed by atoms with Crippen molar-refractivity contribution in [3.63, 3.8) is 0 Å². The van der Waals surface area contributed by atoms with Gasteiger partial charge in [0.25, 0.3) is 0 Å². The van der Waals surface area contributed by atoms with Gasteiger partial charge in [0.2, 0.25) is 5.91 Å². The topological polar surface area (TPSA) is 49.4 Å². The normalized spacial score (nSPS) is 17.2. The van der Waals surface area contributed by atoms with Crippen molar-refractivity contribution in [3.05, 3.63) is 71.8 Å². The lowest BCUT2D eigenvalue weighted by Gasteiger charge is -2.33. The molecule has 1 aliphatic rings. The number of carbonyl (C=O) groups excluding carboxylic acids is 2. The van der Waals surface area contributed by atoms with Crippen LogP contribution in [-0.2, 0) is 11.2 Å². The maximum Gasteiger partial charge on any atom is 0.220 e. The van der Waals surface area contributed by atoms with E-state index in [9.17, 15) is 9.59 Å². The summed E-state index contributed by atoms with van der Waals surface area (Å²) in [4.78, 5) is 26.9. The Labute approximate surface area is 167 Å². The predicted octanol–water partition coefficient (Wildman–Crippen LogP) is 3.86. The fourth-order valence-electron chi connectivity index (χ4n) is 3.82. The monoisotopic (exact) mass is 378 g/mol. The Hall–Kier alpha value is -2.46. The number of aryl methyl sites for hydroxylation is 1. The van der Waals surface area contributed by atoms with Gasteiger partial charge in [-0.1, -0.05) is 60.7 Å². The molecule has 0 unspecified atom stereocenters. The van der Waals surface area contributed by atoms with Crippen LogP contribution in [0.5, 0.6) is 0 Å². The van der Waals surface area contributed by atoms with Crippen LogP contribution >= 0.6 is 0 Å². The number of carbonyl (C=O) groups is 2. The SMILES string of the molecule is O=C(CCC(=O)c1ccccc1)N[C@@H]1CCCN(CCCc2ccccc2)C1. The van der Waals surface area contributed by atoms with Gasteiger partial charge in [0.1, 0.15) is 0 Å². The summed E-state index contributed by atoms with van der Waals surface area (Å²) in [6.07, 6.45) is 4.89. The van der Waals surface area contributed by atoms with Gasteiger partial charge in [-0.2, -0.15) is 0 Å². The van der Waals surface area contributed by atoms with E-state index in [0.29, 0.717) is 5.56 Å². The average Bonchev–Trinajstić information content (AvgIpc) is 2.74. The molecule has 1 saturated heterocycles. The van der Waals surface area contributed by atoms with Crippen molar-refractivity contribution >= 4 is 11.7 Å². The molecular formula is C24H30N2O2. The quantitative estimate of drug-likeness (QED) is 0.674. The minimum absolute atomic E-state index is 0.0135. The largest absolute Gasteiger partial charge is 0.352 e. The Kier molecular flexibility index (Phi) is 7.80. The van der Waals surface area contributed by atoms with Crippen LogP contribution in [0, 0.1) is 0 Å². The zero-order valence-electron chi connectivity index (χ0n) is 16.5. The molecule has 2 aromatic rings. The van der Waals surface area contributed by atoms with E-state index >= 15 is 0 Å². The van der Waals surface area contributed by atoms with Gasteiger partial charge in [-0.05, 0) is 44.3 Å². The number of benzene rings is 2. The molecule has 1 fully saturated rings. The summed E-state index contributed by atoms with van der Waals surface area (Å²) in [5, 5.41) is 3.13. The second kappa shape index (κ2) is 10.8. The van der Waals surface area contributed by atoms with Crippen molar-refractivity contribution in [2.75, 3.05) is 19.6 Å². The molecular weight excluding hydrogens is 348 g/mol. The lowest BCUT2D eigenvalue weighted by Crippen LogP contribution is -2.48. The maximum absolute atomic E-state index is 12.3. The smallest absolute Gasteiger partial charge is 0.220 e. The number of ketones is 1. The number of piperidine rings is 1. The molecule has 0 radical (unpaired) electrons. The highest BCUT2D eigenvalue weighted by atomic mass is 16.2. The van der Waals surface area contributed by atoms with Crippen LogP contribution in [0.3, 0.4) is 0 Å². The molecule has 28 heavy (non-hydrogen) atoms. The molecule has 2 aromatic carbocycles. The van der Waals surface area contributed by atoms with Gasteiger partial charge in [0.05, 0.1) is 0 Å². The lowest BCUT2D eigenvalue weighted by molar-refractivity contribution is -0.122. The van der Waals surface area contributed by atoms with E-state index in [0.717, 1.165) is 45.3 Å². The number of hydrogen-bond donors (Lipinski definition) is 1. The molecule has 4 nitrogen and oxygen atoms in total. The minimum Gasteiger partial charge on any atom is -0.352 e. The Morgan fingerprint density at radius 1 is 0.964 bits per heavy atom. The van der Waals surface area contributed by atoms with Crippen molar-refractivity contribution < 1.29 is 9.59 Å². The molecule has 0 spiro atoms. The van der Waals surface area contributed by atoms with Crippen LogP contribution in [0.15, 0.2) is 60.7 Å². The Morgan fingerprint density at radius 3 is 2.43 bits per heavy atom. The van der Waals surface area contributed by atoms with E-state index in [1.165, 1.54) is 5.56 Å². The van der Waals surface area contributed by atoms with Gasteiger partial charge >= 0.3 is 0 Å². The van der Waals surface area contributed by atoms with Gasteiger partial charge < -0.3 is 10.2 Å². The lowest BCUT2D eigenvalue weighted by atomic mass is 10.0. The second-order valence-corrected chi connectivity index (χ2v) is 7.59. The van der Waals surface area contributed by atoms with Crippen LogP contribution in [0.25, 0.3) is 0 Å². The van der Waals surface area contributed by atoms with Crippen molar-refractivity contribution in [1.29, 1.82) is 0 Å². The molecule has 1 atom stereocenters. The Balaban J connectivity index is 1.35. The first-order valence-electron chi connectivity index (χ1n) is 10.3. The molecule has 3 rings (SSSR count). The molecule has 0 saturated carbocycles.